The summed E-state index contributed by atoms with van der Waals surface area (Å²) in [5.74, 6) is -2.56. The molecule has 0 unspecified atom stereocenters. The Labute approximate surface area is 238 Å². The summed E-state index contributed by atoms with van der Waals surface area (Å²) in [6.45, 7) is 8.94. The van der Waals surface area contributed by atoms with Gasteiger partial charge in [-0.2, -0.15) is 0 Å². The van der Waals surface area contributed by atoms with Crippen LogP contribution in [0.5, 0.6) is 0 Å². The second kappa shape index (κ2) is 9.90. The van der Waals surface area contributed by atoms with Gasteiger partial charge < -0.3 is 20.0 Å². The van der Waals surface area contributed by atoms with Crippen LogP contribution in [0.3, 0.4) is 0 Å². The molecule has 216 valence electrons. The molecule has 1 aromatic heterocycles. The predicted octanol–water partition coefficient (Wildman–Crippen LogP) is 4.03. The summed E-state index contributed by atoms with van der Waals surface area (Å²) in [6, 6.07) is 12.6. The van der Waals surface area contributed by atoms with Gasteiger partial charge in [-0.15, -0.1) is 5.10 Å². The third-order valence-electron chi connectivity index (χ3n) is 8.36. The van der Waals surface area contributed by atoms with E-state index in [4.69, 9.17) is 4.98 Å². The number of benzene rings is 2. The van der Waals surface area contributed by atoms with Crippen molar-refractivity contribution in [2.75, 3.05) is 29.9 Å². The molecule has 2 amide bonds. The smallest absolute Gasteiger partial charge is 0.293 e. The number of carbonyl (C=O) groups is 2. The monoisotopic (exact) mass is 563 g/mol. The SMILES string of the molecule is Cc1ccc(-n2nc(C(=O)N3C[C@@H](C)N[C@@H](C)C3)nc2-c2ccc3c(c2)N(C2CC(F)(F)C2)[C@H](C)C(=O)N3C)cc1. The van der Waals surface area contributed by atoms with E-state index < -0.39 is 18.0 Å². The molecule has 2 fully saturated rings. The summed E-state index contributed by atoms with van der Waals surface area (Å²) in [7, 11) is 1.70. The Morgan fingerprint density at radius 2 is 1.66 bits per heavy atom. The van der Waals surface area contributed by atoms with Gasteiger partial charge in [0.2, 0.25) is 11.7 Å². The number of anilines is 2. The van der Waals surface area contributed by atoms with Crippen molar-refractivity contribution in [1.82, 2.24) is 25.0 Å². The number of amides is 2. The van der Waals surface area contributed by atoms with E-state index in [0.717, 1.165) is 11.3 Å². The van der Waals surface area contributed by atoms with Gasteiger partial charge in [0.1, 0.15) is 6.04 Å². The molecule has 11 heteroatoms. The molecule has 1 saturated heterocycles. The highest BCUT2D eigenvalue weighted by Gasteiger charge is 2.51. The molecule has 1 aliphatic carbocycles. The lowest BCUT2D eigenvalue weighted by molar-refractivity contribution is -0.121. The minimum Gasteiger partial charge on any atom is -0.355 e. The second-order valence-electron chi connectivity index (χ2n) is 11.8. The number of aryl methyl sites for hydroxylation is 1. The number of fused-ring (bicyclic) bond motifs is 1. The summed E-state index contributed by atoms with van der Waals surface area (Å²) in [5, 5.41) is 8.12. The van der Waals surface area contributed by atoms with Crippen LogP contribution in [0.4, 0.5) is 20.2 Å². The lowest BCUT2D eigenvalue weighted by atomic mass is 9.84. The molecule has 6 rings (SSSR count). The first-order valence-corrected chi connectivity index (χ1v) is 14.1. The molecule has 3 aliphatic rings. The van der Waals surface area contributed by atoms with Crippen molar-refractivity contribution in [1.29, 1.82) is 0 Å². The van der Waals surface area contributed by atoms with Gasteiger partial charge >= 0.3 is 0 Å². The van der Waals surface area contributed by atoms with Crippen molar-refractivity contribution >= 4 is 23.2 Å². The molecular weight excluding hydrogens is 528 g/mol. The van der Waals surface area contributed by atoms with Crippen LogP contribution in [0.2, 0.25) is 0 Å². The van der Waals surface area contributed by atoms with Gasteiger partial charge in [-0.1, -0.05) is 17.7 Å². The molecule has 3 aromatic rings. The average molecular weight is 564 g/mol. The summed E-state index contributed by atoms with van der Waals surface area (Å²) in [6.07, 6.45) is -0.588. The Kier molecular flexibility index (Phi) is 6.60. The summed E-state index contributed by atoms with van der Waals surface area (Å²) in [5.41, 5.74) is 3.83. The van der Waals surface area contributed by atoms with Crippen molar-refractivity contribution in [3.8, 4) is 17.1 Å². The van der Waals surface area contributed by atoms with Crippen molar-refractivity contribution in [3.05, 3.63) is 53.9 Å². The van der Waals surface area contributed by atoms with Crippen LogP contribution in [0, 0.1) is 6.92 Å². The number of piperazine rings is 1. The molecule has 0 bridgehead atoms. The Bertz CT molecular complexity index is 1490. The number of rotatable bonds is 4. The van der Waals surface area contributed by atoms with E-state index in [-0.39, 0.29) is 42.6 Å². The fourth-order valence-corrected chi connectivity index (χ4v) is 6.31. The van der Waals surface area contributed by atoms with E-state index in [9.17, 15) is 18.4 Å². The van der Waals surface area contributed by atoms with Crippen LogP contribution in [-0.4, -0.2) is 81.7 Å². The second-order valence-corrected chi connectivity index (χ2v) is 11.8. The number of halogens is 2. The fraction of sp³-hybridized carbons (Fsp3) is 0.467. The molecule has 2 aromatic carbocycles. The Morgan fingerprint density at radius 1 is 1.00 bits per heavy atom. The molecule has 9 nitrogen and oxygen atoms in total. The topological polar surface area (TPSA) is 86.6 Å². The number of nitrogens with one attached hydrogen (secondary N) is 1. The number of aromatic nitrogens is 3. The number of carbonyl (C=O) groups excluding carboxylic acids is 2. The number of hydrogen-bond acceptors (Lipinski definition) is 6. The average Bonchev–Trinajstić information content (AvgIpc) is 3.35. The van der Waals surface area contributed by atoms with Crippen LogP contribution in [0.25, 0.3) is 17.1 Å². The van der Waals surface area contributed by atoms with Gasteiger partial charge in [-0.3, -0.25) is 9.59 Å². The molecule has 2 aliphatic heterocycles. The Morgan fingerprint density at radius 3 is 2.29 bits per heavy atom. The Hall–Kier alpha value is -3.86. The zero-order valence-corrected chi connectivity index (χ0v) is 23.9. The largest absolute Gasteiger partial charge is 0.355 e. The van der Waals surface area contributed by atoms with Crippen molar-refractivity contribution in [3.63, 3.8) is 0 Å². The molecule has 3 heterocycles. The van der Waals surface area contributed by atoms with Crippen molar-refractivity contribution in [2.24, 2.45) is 0 Å². The minimum atomic E-state index is -2.73. The molecule has 3 atom stereocenters. The Balaban J connectivity index is 1.45. The van der Waals surface area contributed by atoms with Gasteiger partial charge in [-0.05, 0) is 58.0 Å². The molecule has 0 radical (unpaired) electrons. The van der Waals surface area contributed by atoms with Gasteiger partial charge in [0.25, 0.3) is 11.8 Å². The van der Waals surface area contributed by atoms with Gasteiger partial charge in [-0.25, -0.2) is 18.4 Å². The maximum atomic E-state index is 13.9. The van der Waals surface area contributed by atoms with Gasteiger partial charge in [0.05, 0.1) is 17.1 Å². The van der Waals surface area contributed by atoms with Crippen LogP contribution >= 0.6 is 0 Å². The van der Waals surface area contributed by atoms with E-state index in [0.29, 0.717) is 35.9 Å². The quantitative estimate of drug-likeness (QED) is 0.516. The summed E-state index contributed by atoms with van der Waals surface area (Å²) in [4.78, 5) is 36.6. The summed E-state index contributed by atoms with van der Waals surface area (Å²) < 4.78 is 29.5. The molecule has 0 spiro atoms. The number of hydrogen-bond donors (Lipinski definition) is 1. The lowest BCUT2D eigenvalue weighted by Crippen LogP contribution is -2.60. The first-order valence-electron chi connectivity index (χ1n) is 14.1. The molecular formula is C30H35F2N7O2. The fourth-order valence-electron chi connectivity index (χ4n) is 6.31. The predicted molar refractivity (Wildman–Crippen MR) is 153 cm³/mol. The molecule has 41 heavy (non-hydrogen) atoms. The molecule has 1 saturated carbocycles. The van der Waals surface area contributed by atoms with E-state index in [1.165, 1.54) is 0 Å². The van der Waals surface area contributed by atoms with Crippen LogP contribution in [0.1, 0.15) is 49.8 Å². The highest BCUT2D eigenvalue weighted by atomic mass is 19.3. The third-order valence-corrected chi connectivity index (χ3v) is 8.36. The number of likely N-dealkylation sites (N-methyl/N-ethyl adjacent to an activating group) is 1. The van der Waals surface area contributed by atoms with Crippen LogP contribution < -0.4 is 15.1 Å². The van der Waals surface area contributed by atoms with E-state index >= 15 is 0 Å². The van der Waals surface area contributed by atoms with Gasteiger partial charge in [0.15, 0.2) is 5.82 Å². The van der Waals surface area contributed by atoms with E-state index in [1.54, 1.807) is 28.5 Å². The van der Waals surface area contributed by atoms with E-state index in [2.05, 4.69) is 10.4 Å². The normalized spacial score (nSPS) is 24.3. The maximum Gasteiger partial charge on any atom is 0.293 e. The summed E-state index contributed by atoms with van der Waals surface area (Å²) >= 11 is 0. The zero-order valence-electron chi connectivity index (χ0n) is 23.9. The van der Waals surface area contributed by atoms with Crippen molar-refractivity contribution < 1.29 is 18.4 Å². The van der Waals surface area contributed by atoms with Crippen LogP contribution in [-0.2, 0) is 4.79 Å². The zero-order chi connectivity index (χ0) is 29.2. The molecule has 1 N–H and O–H groups in total. The number of nitrogens with zero attached hydrogens (tertiary/aromatic N) is 6. The first kappa shape index (κ1) is 27.3. The van der Waals surface area contributed by atoms with E-state index in [1.807, 2.05) is 68.1 Å². The standard InChI is InChI=1S/C30H35F2N7O2/c1-17-6-9-22(10-7-17)39-27(34-26(35-39)29(41)37-15-18(2)33-19(3)16-37)21-8-11-24-25(12-21)38(20(4)28(40)36(24)5)23-13-30(31,32)14-23/h6-12,18-20,23,33H,13-16H2,1-5H3/t18-,19+,20-/m1/s1. The minimum absolute atomic E-state index is 0.0933. The van der Waals surface area contributed by atoms with Crippen molar-refractivity contribution in [2.45, 2.75) is 70.6 Å². The third kappa shape index (κ3) is 4.86. The highest BCUT2D eigenvalue weighted by molar-refractivity contribution is 6.05. The first-order chi connectivity index (χ1) is 19.4. The number of alkyl halides is 2. The maximum absolute atomic E-state index is 13.9. The van der Waals surface area contributed by atoms with Crippen LogP contribution in [0.15, 0.2) is 42.5 Å². The highest BCUT2D eigenvalue weighted by Crippen LogP contribution is 2.47. The van der Waals surface area contributed by atoms with Gasteiger partial charge in [0, 0.05) is 56.7 Å². The lowest BCUT2D eigenvalue weighted by Gasteiger charge is -2.50.